The summed E-state index contributed by atoms with van der Waals surface area (Å²) in [4.78, 5) is 0. The standard InChI is InChI=1S/C12H15ClN2O/c1-8-5-9(7-10(13)6-8)12(15-14)11-3-2-4-16-11/h3,5-7,12,15H,2,4,14H2,1H3. The molecule has 0 aromatic heterocycles. The first-order chi connectivity index (χ1) is 7.70. The molecule has 0 saturated heterocycles. The average Bonchev–Trinajstić information content (AvgIpc) is 2.70. The van der Waals surface area contributed by atoms with E-state index in [-0.39, 0.29) is 6.04 Å². The molecule has 1 aliphatic heterocycles. The van der Waals surface area contributed by atoms with E-state index < -0.39 is 0 Å². The van der Waals surface area contributed by atoms with Crippen molar-refractivity contribution in [1.82, 2.24) is 5.43 Å². The Hall–Kier alpha value is -1.03. The Morgan fingerprint density at radius 3 is 2.81 bits per heavy atom. The van der Waals surface area contributed by atoms with Crippen molar-refractivity contribution in [2.24, 2.45) is 5.84 Å². The highest BCUT2D eigenvalue weighted by molar-refractivity contribution is 6.30. The minimum Gasteiger partial charge on any atom is -0.496 e. The summed E-state index contributed by atoms with van der Waals surface area (Å²) in [5, 5.41) is 0.717. The Bertz CT molecular complexity index is 397. The molecule has 0 amide bonds. The molecule has 1 unspecified atom stereocenters. The molecule has 0 aliphatic carbocycles. The highest BCUT2D eigenvalue weighted by Crippen LogP contribution is 2.28. The number of hydrogen-bond donors (Lipinski definition) is 2. The van der Waals surface area contributed by atoms with Gasteiger partial charge in [0.05, 0.1) is 6.61 Å². The van der Waals surface area contributed by atoms with E-state index in [2.05, 4.69) is 17.6 Å². The summed E-state index contributed by atoms with van der Waals surface area (Å²) in [7, 11) is 0. The van der Waals surface area contributed by atoms with Crippen molar-refractivity contribution >= 4 is 11.6 Å². The molecule has 0 radical (unpaired) electrons. The maximum Gasteiger partial charge on any atom is 0.115 e. The van der Waals surface area contributed by atoms with Crippen LogP contribution < -0.4 is 11.3 Å². The molecule has 86 valence electrons. The molecule has 0 spiro atoms. The molecule has 4 heteroatoms. The maximum atomic E-state index is 6.03. The molecule has 1 atom stereocenters. The summed E-state index contributed by atoms with van der Waals surface area (Å²) in [6, 6.07) is 5.77. The van der Waals surface area contributed by atoms with E-state index in [1.54, 1.807) is 0 Å². The van der Waals surface area contributed by atoms with Gasteiger partial charge in [-0.2, -0.15) is 0 Å². The van der Waals surface area contributed by atoms with Crippen LogP contribution in [0, 0.1) is 6.92 Å². The van der Waals surface area contributed by atoms with E-state index in [1.807, 2.05) is 19.1 Å². The van der Waals surface area contributed by atoms with Gasteiger partial charge in [0.2, 0.25) is 0 Å². The first kappa shape index (κ1) is 11.5. The lowest BCUT2D eigenvalue weighted by molar-refractivity contribution is 0.215. The lowest BCUT2D eigenvalue weighted by Gasteiger charge is -2.18. The minimum atomic E-state index is -0.111. The summed E-state index contributed by atoms with van der Waals surface area (Å²) in [5.74, 6) is 6.45. The lowest BCUT2D eigenvalue weighted by Crippen LogP contribution is -2.29. The Morgan fingerprint density at radius 2 is 2.25 bits per heavy atom. The van der Waals surface area contributed by atoms with Crippen LogP contribution in [0.5, 0.6) is 0 Å². The second kappa shape index (κ2) is 4.87. The Balaban J connectivity index is 2.32. The molecule has 16 heavy (non-hydrogen) atoms. The van der Waals surface area contributed by atoms with E-state index >= 15 is 0 Å². The van der Waals surface area contributed by atoms with Crippen molar-refractivity contribution in [1.29, 1.82) is 0 Å². The van der Waals surface area contributed by atoms with E-state index in [1.165, 1.54) is 0 Å². The van der Waals surface area contributed by atoms with E-state index in [0.29, 0.717) is 5.02 Å². The number of aryl methyl sites for hydroxylation is 1. The van der Waals surface area contributed by atoms with Crippen molar-refractivity contribution in [3.63, 3.8) is 0 Å². The number of nitrogens with two attached hydrogens (primary N) is 1. The van der Waals surface area contributed by atoms with Gasteiger partial charge in [0, 0.05) is 11.4 Å². The van der Waals surface area contributed by atoms with E-state index in [4.69, 9.17) is 22.2 Å². The third kappa shape index (κ3) is 2.38. The SMILES string of the molecule is Cc1cc(Cl)cc(C(NN)C2=CCCO2)c1. The summed E-state index contributed by atoms with van der Waals surface area (Å²) < 4.78 is 5.52. The lowest BCUT2D eigenvalue weighted by atomic mass is 10.0. The molecular formula is C12H15ClN2O. The van der Waals surface area contributed by atoms with E-state index in [0.717, 1.165) is 29.9 Å². The van der Waals surface area contributed by atoms with Crippen LogP contribution in [-0.2, 0) is 4.74 Å². The first-order valence-corrected chi connectivity index (χ1v) is 5.64. The van der Waals surface area contributed by atoms with Crippen molar-refractivity contribution in [3.05, 3.63) is 46.2 Å². The Morgan fingerprint density at radius 1 is 1.44 bits per heavy atom. The van der Waals surface area contributed by atoms with Gasteiger partial charge in [0.1, 0.15) is 11.8 Å². The number of ether oxygens (including phenoxy) is 1. The molecule has 0 saturated carbocycles. The third-order valence-corrected chi connectivity index (χ3v) is 2.80. The molecule has 3 N–H and O–H groups in total. The molecule has 1 aromatic rings. The number of hydrogen-bond acceptors (Lipinski definition) is 3. The van der Waals surface area contributed by atoms with Gasteiger partial charge in [-0.3, -0.25) is 5.84 Å². The second-order valence-electron chi connectivity index (χ2n) is 3.91. The number of hydrazine groups is 1. The van der Waals surface area contributed by atoms with Gasteiger partial charge >= 0.3 is 0 Å². The largest absolute Gasteiger partial charge is 0.496 e. The number of halogens is 1. The zero-order valence-electron chi connectivity index (χ0n) is 9.16. The minimum absolute atomic E-state index is 0.111. The molecule has 1 aromatic carbocycles. The van der Waals surface area contributed by atoms with Crippen molar-refractivity contribution < 1.29 is 4.74 Å². The molecule has 1 aliphatic rings. The van der Waals surface area contributed by atoms with Crippen molar-refractivity contribution in [3.8, 4) is 0 Å². The maximum absolute atomic E-state index is 6.03. The highest BCUT2D eigenvalue weighted by Gasteiger charge is 2.19. The zero-order valence-corrected chi connectivity index (χ0v) is 9.92. The number of rotatable bonds is 3. The van der Waals surface area contributed by atoms with Crippen LogP contribution in [0.4, 0.5) is 0 Å². The molecule has 0 fully saturated rings. The number of nitrogens with one attached hydrogen (secondary N) is 1. The fourth-order valence-corrected chi connectivity index (χ4v) is 2.21. The fourth-order valence-electron chi connectivity index (χ4n) is 1.91. The van der Waals surface area contributed by atoms with Crippen LogP contribution >= 0.6 is 11.6 Å². The molecule has 3 nitrogen and oxygen atoms in total. The average molecular weight is 239 g/mol. The third-order valence-electron chi connectivity index (χ3n) is 2.58. The van der Waals surface area contributed by atoms with Crippen LogP contribution in [0.1, 0.15) is 23.6 Å². The Kier molecular flexibility index (Phi) is 3.49. The molecule has 1 heterocycles. The summed E-state index contributed by atoms with van der Waals surface area (Å²) >= 11 is 6.03. The first-order valence-electron chi connectivity index (χ1n) is 5.27. The predicted molar refractivity (Wildman–Crippen MR) is 64.9 cm³/mol. The van der Waals surface area contributed by atoms with Gasteiger partial charge in [0.15, 0.2) is 0 Å². The van der Waals surface area contributed by atoms with Crippen LogP contribution in [0.2, 0.25) is 5.02 Å². The Labute approximate surface area is 100 Å². The van der Waals surface area contributed by atoms with Gasteiger partial charge in [-0.15, -0.1) is 0 Å². The molecule has 2 rings (SSSR count). The van der Waals surface area contributed by atoms with Gasteiger partial charge in [0.25, 0.3) is 0 Å². The van der Waals surface area contributed by atoms with Gasteiger partial charge in [-0.25, -0.2) is 5.43 Å². The van der Waals surface area contributed by atoms with Crippen LogP contribution in [0.25, 0.3) is 0 Å². The quantitative estimate of drug-likeness (QED) is 0.628. The van der Waals surface area contributed by atoms with Crippen molar-refractivity contribution in [2.45, 2.75) is 19.4 Å². The van der Waals surface area contributed by atoms with Gasteiger partial charge in [-0.1, -0.05) is 17.7 Å². The van der Waals surface area contributed by atoms with Crippen LogP contribution in [-0.4, -0.2) is 6.61 Å². The second-order valence-corrected chi connectivity index (χ2v) is 4.34. The summed E-state index contributed by atoms with van der Waals surface area (Å²) in [6.07, 6.45) is 2.99. The van der Waals surface area contributed by atoms with Crippen molar-refractivity contribution in [2.75, 3.05) is 6.61 Å². The van der Waals surface area contributed by atoms with E-state index in [9.17, 15) is 0 Å². The topological polar surface area (TPSA) is 47.3 Å². The van der Waals surface area contributed by atoms with Crippen LogP contribution in [0.3, 0.4) is 0 Å². The molecule has 0 bridgehead atoms. The predicted octanol–water partition coefficient (Wildman–Crippen LogP) is 2.46. The smallest absolute Gasteiger partial charge is 0.115 e. The summed E-state index contributed by atoms with van der Waals surface area (Å²) in [6.45, 7) is 2.74. The summed E-state index contributed by atoms with van der Waals surface area (Å²) in [5.41, 5.74) is 4.90. The normalized spacial score (nSPS) is 16.8. The van der Waals surface area contributed by atoms with Crippen LogP contribution in [0.15, 0.2) is 30.0 Å². The monoisotopic (exact) mass is 238 g/mol. The van der Waals surface area contributed by atoms with Gasteiger partial charge in [-0.05, 0) is 36.3 Å². The number of benzene rings is 1. The zero-order chi connectivity index (χ0) is 11.5. The molecular weight excluding hydrogens is 224 g/mol. The van der Waals surface area contributed by atoms with Gasteiger partial charge < -0.3 is 4.74 Å². The fraction of sp³-hybridized carbons (Fsp3) is 0.333. The highest BCUT2D eigenvalue weighted by atomic mass is 35.5.